The molecule has 0 fully saturated rings. The molecule has 46 valence electrons. The van der Waals surface area contributed by atoms with Crippen molar-refractivity contribution in [2.24, 2.45) is 0 Å². The average molecular weight is 238 g/mol. The summed E-state index contributed by atoms with van der Waals surface area (Å²) in [7, 11) is 0. The summed E-state index contributed by atoms with van der Waals surface area (Å²) in [5.41, 5.74) is 0. The van der Waals surface area contributed by atoms with Crippen LogP contribution in [0.5, 0.6) is 0 Å². The van der Waals surface area contributed by atoms with E-state index in [1.165, 1.54) is 0 Å². The first-order chi connectivity index (χ1) is 0. The van der Waals surface area contributed by atoms with Gasteiger partial charge in [-0.25, -0.2) is 0 Å². The van der Waals surface area contributed by atoms with Gasteiger partial charge >= 0.3 is 17.4 Å². The molecule has 0 saturated heterocycles. The summed E-state index contributed by atoms with van der Waals surface area (Å²) < 4.78 is 0. The van der Waals surface area contributed by atoms with E-state index >= 15 is 0 Å². The third kappa shape index (κ3) is 61.4. The smallest absolute Gasteiger partial charge is 1.00 e. The maximum atomic E-state index is 0. The molecular weight excluding hydrogens is 236 g/mol. The van der Waals surface area contributed by atoms with Crippen LogP contribution in [0.3, 0.4) is 0 Å². The van der Waals surface area contributed by atoms with Gasteiger partial charge in [0.1, 0.15) is 0 Å². The Morgan fingerprint density at radius 1 is 0.571 bits per heavy atom. The molecule has 0 aromatic heterocycles. The van der Waals surface area contributed by atoms with E-state index < -0.39 is 0 Å². The first-order valence-electron chi connectivity index (χ1n) is 0. The van der Waals surface area contributed by atoms with Crippen LogP contribution in [0.4, 0.5) is 0 Å². The Morgan fingerprint density at radius 3 is 0.571 bits per heavy atom. The summed E-state index contributed by atoms with van der Waals surface area (Å²) in [6.07, 6.45) is 0. The van der Waals surface area contributed by atoms with Gasteiger partial charge in [0.2, 0.25) is 0 Å². The second kappa shape index (κ2) is 82.3. The van der Waals surface area contributed by atoms with E-state index in [4.69, 9.17) is 0 Å². The zero-order valence-electron chi connectivity index (χ0n) is 2.94. The summed E-state index contributed by atoms with van der Waals surface area (Å²) in [4.78, 5) is 0. The molecule has 0 aromatic carbocycles. The minimum Gasteiger partial charge on any atom is -1.00 e. The Labute approximate surface area is 92.2 Å². The van der Waals surface area contributed by atoms with Gasteiger partial charge in [-0.1, -0.05) is 0 Å². The molecule has 0 rings (SSSR count). The molecular formula is H2AlCl5S. The third-order valence-corrected chi connectivity index (χ3v) is 0. The standard InChI is InChI=1S/Al.5ClH.S/h;5*1H;/q+3;;;;;;/p-3. The fourth-order valence-corrected chi connectivity index (χ4v) is 0. The molecule has 0 aliphatic rings. The van der Waals surface area contributed by atoms with Gasteiger partial charge in [0.25, 0.3) is 0 Å². The molecule has 0 amide bonds. The largest absolute Gasteiger partial charge is 3.00 e. The van der Waals surface area contributed by atoms with Crippen LogP contribution in [-0.2, 0) is 0 Å². The van der Waals surface area contributed by atoms with E-state index in [1.807, 2.05) is 0 Å². The minimum absolute atomic E-state index is 0. The van der Waals surface area contributed by atoms with Crippen molar-refractivity contribution in [3.05, 3.63) is 0 Å². The van der Waals surface area contributed by atoms with Crippen molar-refractivity contribution in [1.29, 1.82) is 0 Å². The third-order valence-electron chi connectivity index (χ3n) is 0. The maximum absolute atomic E-state index is 0. The van der Waals surface area contributed by atoms with Crippen molar-refractivity contribution in [1.82, 2.24) is 0 Å². The average Bonchev–Trinajstić information content (AvgIpc) is 0. The van der Waals surface area contributed by atoms with E-state index in [2.05, 4.69) is 0 Å². The molecule has 2 radical (unpaired) electrons. The molecule has 0 aliphatic heterocycles. The Bertz CT molecular complexity index is 8.04. The van der Waals surface area contributed by atoms with Crippen LogP contribution in [0.2, 0.25) is 0 Å². The molecule has 0 heterocycles. The van der Waals surface area contributed by atoms with Crippen LogP contribution in [0.15, 0.2) is 0 Å². The monoisotopic (exact) mass is 236 g/mol. The SMILES string of the molecule is Cl.Cl.[Al+3].[Cl-].[Cl-].[Cl-].[S]. The summed E-state index contributed by atoms with van der Waals surface area (Å²) in [5.74, 6) is 0. The van der Waals surface area contributed by atoms with E-state index in [-0.39, 0.29) is 92.9 Å². The van der Waals surface area contributed by atoms with Gasteiger partial charge in [0, 0.05) is 13.5 Å². The van der Waals surface area contributed by atoms with Crippen molar-refractivity contribution in [2.75, 3.05) is 0 Å². The molecule has 0 aromatic rings. The molecule has 0 atom stereocenters. The number of hydrogen-bond donors (Lipinski definition) is 0. The van der Waals surface area contributed by atoms with Gasteiger partial charge in [-0.05, 0) is 0 Å². The second-order valence-corrected chi connectivity index (χ2v) is 0. The summed E-state index contributed by atoms with van der Waals surface area (Å²) in [5, 5.41) is 0. The van der Waals surface area contributed by atoms with Gasteiger partial charge in [-0.3, -0.25) is 0 Å². The van der Waals surface area contributed by atoms with Crippen molar-refractivity contribution >= 4 is 55.7 Å². The first-order valence-corrected chi connectivity index (χ1v) is 0. The van der Waals surface area contributed by atoms with Crippen LogP contribution >= 0.6 is 38.3 Å². The van der Waals surface area contributed by atoms with Crippen molar-refractivity contribution in [3.8, 4) is 0 Å². The minimum atomic E-state index is 0. The van der Waals surface area contributed by atoms with Crippen molar-refractivity contribution < 1.29 is 37.2 Å². The van der Waals surface area contributed by atoms with E-state index in [9.17, 15) is 0 Å². The van der Waals surface area contributed by atoms with E-state index in [1.54, 1.807) is 0 Å². The Hall–Kier alpha value is 2.33. The van der Waals surface area contributed by atoms with Gasteiger partial charge < -0.3 is 37.2 Å². The summed E-state index contributed by atoms with van der Waals surface area (Å²) in [6.45, 7) is 0. The number of rotatable bonds is 0. The molecule has 0 unspecified atom stereocenters. The second-order valence-electron chi connectivity index (χ2n) is 0. The fraction of sp³-hybridized carbons (Fsp3) is 0. The fourth-order valence-electron chi connectivity index (χ4n) is 0. The number of halogens is 5. The van der Waals surface area contributed by atoms with Crippen LogP contribution in [0.25, 0.3) is 0 Å². The van der Waals surface area contributed by atoms with Crippen molar-refractivity contribution in [2.45, 2.75) is 0 Å². The molecule has 0 bridgehead atoms. The Balaban J connectivity index is 0. The summed E-state index contributed by atoms with van der Waals surface area (Å²) >= 11 is 0. The molecule has 0 aliphatic carbocycles. The molecule has 7 heavy (non-hydrogen) atoms. The van der Waals surface area contributed by atoms with Gasteiger partial charge in [0.05, 0.1) is 0 Å². The van der Waals surface area contributed by atoms with Gasteiger partial charge in [0.15, 0.2) is 0 Å². The molecule has 0 saturated carbocycles. The van der Waals surface area contributed by atoms with Crippen LogP contribution in [0, 0.1) is 0 Å². The molecule has 7 heteroatoms. The Kier molecular flexibility index (Phi) is 1400. The van der Waals surface area contributed by atoms with Crippen LogP contribution < -0.4 is 37.2 Å². The predicted molar refractivity (Wildman–Crippen MR) is 27.8 cm³/mol. The van der Waals surface area contributed by atoms with E-state index in [0.29, 0.717) is 0 Å². The zero-order chi connectivity index (χ0) is 0. The zero-order valence-corrected chi connectivity index (χ0v) is 8.81. The van der Waals surface area contributed by atoms with Crippen LogP contribution in [0.1, 0.15) is 0 Å². The maximum Gasteiger partial charge on any atom is 3.00 e. The molecule has 0 nitrogen and oxygen atoms in total. The quantitative estimate of drug-likeness (QED) is 0.368. The van der Waals surface area contributed by atoms with Crippen molar-refractivity contribution in [3.63, 3.8) is 0 Å². The number of hydrogen-bond acceptors (Lipinski definition) is 0. The normalized spacial score (nSPS) is 0. The topological polar surface area (TPSA) is 0 Å². The van der Waals surface area contributed by atoms with E-state index in [0.717, 1.165) is 0 Å². The van der Waals surface area contributed by atoms with Gasteiger partial charge in [-0.15, -0.1) is 24.8 Å². The Morgan fingerprint density at radius 2 is 0.571 bits per heavy atom. The molecule has 0 spiro atoms. The summed E-state index contributed by atoms with van der Waals surface area (Å²) in [6, 6.07) is 0. The predicted octanol–water partition coefficient (Wildman–Crippen LogP) is -7.88. The molecule has 0 N–H and O–H groups in total. The van der Waals surface area contributed by atoms with Gasteiger partial charge in [-0.2, -0.15) is 0 Å². The van der Waals surface area contributed by atoms with Crippen LogP contribution in [-0.4, -0.2) is 17.4 Å². The first kappa shape index (κ1) is 119.